The zero-order valence-corrected chi connectivity index (χ0v) is 23.1. The molecule has 0 N–H and O–H groups in total. The lowest BCUT2D eigenvalue weighted by molar-refractivity contribution is 0.402. The topological polar surface area (TPSA) is 23.8 Å². The van der Waals surface area contributed by atoms with Crippen molar-refractivity contribution in [1.29, 1.82) is 5.26 Å². The van der Waals surface area contributed by atoms with Crippen molar-refractivity contribution >= 4 is 21.9 Å². The monoisotopic (exact) mass is 457 g/mol. The summed E-state index contributed by atoms with van der Waals surface area (Å²) in [6, 6.07) is 0. The fourth-order valence-corrected chi connectivity index (χ4v) is 4.94. The van der Waals surface area contributed by atoms with Crippen LogP contribution in [0.5, 0.6) is 0 Å². The molecule has 0 bridgehead atoms. The molecule has 0 aromatic rings. The minimum Gasteiger partial charge on any atom is -0.185 e. The molecule has 1 atom stereocenters. The molecule has 0 rings (SSSR count). The van der Waals surface area contributed by atoms with Gasteiger partial charge in [0.05, 0.1) is 0 Å². The third kappa shape index (κ3) is 26.3. The van der Waals surface area contributed by atoms with Crippen LogP contribution in [-0.2, 0) is 0 Å². The summed E-state index contributed by atoms with van der Waals surface area (Å²) >= 11 is 3.09. The Balaban J connectivity index is 0. The molecule has 0 aromatic heterocycles. The quantitative estimate of drug-likeness (QED) is 0.0743. The zero-order chi connectivity index (χ0) is 22.8. The number of nitriles is 1. The second kappa shape index (κ2) is 27.3. The van der Waals surface area contributed by atoms with Crippen molar-refractivity contribution in [2.45, 2.75) is 167 Å². The van der Waals surface area contributed by atoms with Crippen LogP contribution in [0.25, 0.3) is 0 Å². The average molecular weight is 458 g/mol. The van der Waals surface area contributed by atoms with E-state index in [1.165, 1.54) is 147 Å². The highest BCUT2D eigenvalue weighted by molar-refractivity contribution is 7.85. The third-order valence-electron chi connectivity index (χ3n) is 6.33. The molecule has 0 aromatic carbocycles. The number of thiol groups is 1. The molecule has 0 saturated heterocycles. The van der Waals surface area contributed by atoms with Crippen LogP contribution >= 0.6 is 21.9 Å². The summed E-state index contributed by atoms with van der Waals surface area (Å²) in [5.74, 6) is 0. The SMILES string of the molecule is CCCCCCCCCC(P)(CCCCCCCC)CCCCCCCC.N#CS. The molecule has 3 heteroatoms. The van der Waals surface area contributed by atoms with Crippen molar-refractivity contribution in [2.24, 2.45) is 0 Å². The summed E-state index contributed by atoms with van der Waals surface area (Å²) in [6.45, 7) is 6.94. The van der Waals surface area contributed by atoms with E-state index in [-0.39, 0.29) is 0 Å². The molecule has 0 aliphatic rings. The number of thiocyanates is 1. The van der Waals surface area contributed by atoms with Gasteiger partial charge in [-0.2, -0.15) is 5.26 Å². The molecule has 30 heavy (non-hydrogen) atoms. The van der Waals surface area contributed by atoms with Crippen LogP contribution in [0, 0.1) is 10.7 Å². The third-order valence-corrected chi connectivity index (χ3v) is 7.20. The number of unbranched alkanes of at least 4 members (excludes halogenated alkanes) is 16. The van der Waals surface area contributed by atoms with Gasteiger partial charge in [0.2, 0.25) is 0 Å². The lowest BCUT2D eigenvalue weighted by Crippen LogP contribution is -2.20. The molecular formula is C27H56NPS. The van der Waals surface area contributed by atoms with Gasteiger partial charge in [0, 0.05) is 0 Å². The number of hydrogen-bond acceptors (Lipinski definition) is 2. The largest absolute Gasteiger partial charge is 0.185 e. The van der Waals surface area contributed by atoms with E-state index in [0.717, 1.165) is 0 Å². The normalized spacial score (nSPS) is 11.1. The van der Waals surface area contributed by atoms with Gasteiger partial charge < -0.3 is 0 Å². The standard InChI is InChI=1S/C26H55P.CHNS/c1-4-7-10-13-16-19-22-25-26(27,23-20-17-14-11-8-5-2)24-21-18-15-12-9-6-3;2-1-3/h4-25,27H2,1-3H3;3H. The van der Waals surface area contributed by atoms with E-state index >= 15 is 0 Å². The van der Waals surface area contributed by atoms with E-state index in [1.54, 1.807) is 0 Å². The highest BCUT2D eigenvalue weighted by Gasteiger charge is 2.23. The van der Waals surface area contributed by atoms with Crippen LogP contribution in [0.4, 0.5) is 0 Å². The van der Waals surface area contributed by atoms with Gasteiger partial charge in [0.25, 0.3) is 0 Å². The first-order chi connectivity index (χ1) is 14.6. The first-order valence-corrected chi connectivity index (χ1v) is 14.4. The molecule has 0 aliphatic carbocycles. The Bertz CT molecular complexity index is 337. The minimum atomic E-state index is 0.554. The van der Waals surface area contributed by atoms with Gasteiger partial charge in [-0.25, -0.2) is 0 Å². The summed E-state index contributed by atoms with van der Waals surface area (Å²) in [5, 5.41) is 9.18. The van der Waals surface area contributed by atoms with Gasteiger partial charge in [0.15, 0.2) is 0 Å². The molecule has 0 aliphatic heterocycles. The summed E-state index contributed by atoms with van der Waals surface area (Å²) in [4.78, 5) is 0. The van der Waals surface area contributed by atoms with Crippen LogP contribution in [-0.4, -0.2) is 5.16 Å². The Hall–Kier alpha value is 0.270. The molecule has 1 nitrogen and oxygen atoms in total. The van der Waals surface area contributed by atoms with Crippen molar-refractivity contribution in [3.63, 3.8) is 0 Å². The lowest BCUT2D eigenvalue weighted by Gasteiger charge is -2.30. The lowest BCUT2D eigenvalue weighted by atomic mass is 9.88. The number of nitrogens with zero attached hydrogens (tertiary/aromatic N) is 1. The molecule has 0 amide bonds. The first-order valence-electron chi connectivity index (χ1n) is 13.4. The van der Waals surface area contributed by atoms with Gasteiger partial charge in [0.1, 0.15) is 5.40 Å². The second-order valence-corrected chi connectivity index (χ2v) is 10.8. The van der Waals surface area contributed by atoms with Gasteiger partial charge in [-0.15, -0.1) is 9.24 Å². The van der Waals surface area contributed by atoms with E-state index in [9.17, 15) is 0 Å². The average Bonchev–Trinajstić information content (AvgIpc) is 2.73. The number of rotatable bonds is 22. The maximum absolute atomic E-state index is 7.18. The number of hydrogen-bond donors (Lipinski definition) is 1. The molecule has 0 spiro atoms. The van der Waals surface area contributed by atoms with Crippen molar-refractivity contribution in [2.75, 3.05) is 0 Å². The summed E-state index contributed by atoms with van der Waals surface area (Å²) in [6.07, 6.45) is 31.7. The molecule has 1 unspecified atom stereocenters. The van der Waals surface area contributed by atoms with Crippen molar-refractivity contribution < 1.29 is 0 Å². The predicted molar refractivity (Wildman–Crippen MR) is 146 cm³/mol. The summed E-state index contributed by atoms with van der Waals surface area (Å²) in [7, 11) is 3.35. The first kappa shape index (κ1) is 32.4. The molecule has 0 heterocycles. The Morgan fingerprint density at radius 1 is 0.533 bits per heavy atom. The van der Waals surface area contributed by atoms with E-state index in [2.05, 4.69) is 42.6 Å². The zero-order valence-electron chi connectivity index (χ0n) is 21.0. The van der Waals surface area contributed by atoms with Crippen molar-refractivity contribution in [1.82, 2.24) is 0 Å². The molecule has 0 fully saturated rings. The van der Waals surface area contributed by atoms with Gasteiger partial charge in [-0.05, 0) is 24.4 Å². The molecular weight excluding hydrogens is 401 g/mol. The van der Waals surface area contributed by atoms with Crippen molar-refractivity contribution in [3.05, 3.63) is 0 Å². The van der Waals surface area contributed by atoms with E-state index in [4.69, 9.17) is 5.26 Å². The Morgan fingerprint density at radius 3 is 0.967 bits per heavy atom. The fraction of sp³-hybridized carbons (Fsp3) is 0.963. The molecule has 0 radical (unpaired) electrons. The Labute approximate surface area is 199 Å². The van der Waals surface area contributed by atoms with Crippen LogP contribution < -0.4 is 0 Å². The smallest absolute Gasteiger partial charge is 0.130 e. The Kier molecular flexibility index (Phi) is 29.5. The van der Waals surface area contributed by atoms with Crippen LogP contribution in [0.2, 0.25) is 0 Å². The maximum Gasteiger partial charge on any atom is 0.130 e. The summed E-state index contributed by atoms with van der Waals surface area (Å²) in [5.41, 5.74) is 0. The van der Waals surface area contributed by atoms with E-state index < -0.39 is 0 Å². The van der Waals surface area contributed by atoms with Crippen LogP contribution in [0.15, 0.2) is 0 Å². The van der Waals surface area contributed by atoms with Crippen molar-refractivity contribution in [3.8, 4) is 5.40 Å². The maximum atomic E-state index is 7.18. The van der Waals surface area contributed by atoms with Gasteiger partial charge in [-0.3, -0.25) is 0 Å². The van der Waals surface area contributed by atoms with Crippen LogP contribution in [0.3, 0.4) is 0 Å². The highest BCUT2D eigenvalue weighted by atomic mass is 32.1. The molecule has 180 valence electrons. The van der Waals surface area contributed by atoms with E-state index in [1.807, 2.05) is 0 Å². The Morgan fingerprint density at radius 2 is 0.733 bits per heavy atom. The van der Waals surface area contributed by atoms with Gasteiger partial charge in [-0.1, -0.05) is 155 Å². The highest BCUT2D eigenvalue weighted by Crippen LogP contribution is 2.37. The predicted octanol–water partition coefficient (Wildman–Crippen LogP) is 10.6. The second-order valence-electron chi connectivity index (χ2n) is 9.37. The summed E-state index contributed by atoms with van der Waals surface area (Å²) < 4.78 is 0. The van der Waals surface area contributed by atoms with Gasteiger partial charge >= 0.3 is 0 Å². The minimum absolute atomic E-state index is 0.554. The molecule has 0 saturated carbocycles. The van der Waals surface area contributed by atoms with Crippen LogP contribution in [0.1, 0.15) is 162 Å². The van der Waals surface area contributed by atoms with E-state index in [0.29, 0.717) is 5.16 Å². The fourth-order valence-electron chi connectivity index (χ4n) is 4.32.